The highest BCUT2D eigenvalue weighted by Gasteiger charge is 2.15. The first-order valence-electron chi connectivity index (χ1n) is 6.12. The summed E-state index contributed by atoms with van der Waals surface area (Å²) in [4.78, 5) is 0. The average molecular weight is 281 g/mol. The SMILES string of the molecule is Cc1cc(C)cc(C(Cl)Cc2c(F)cccc2F)c1. The molecule has 0 heterocycles. The van der Waals surface area contributed by atoms with E-state index in [0.29, 0.717) is 0 Å². The van der Waals surface area contributed by atoms with E-state index < -0.39 is 17.0 Å². The number of rotatable bonds is 3. The minimum Gasteiger partial charge on any atom is -0.207 e. The highest BCUT2D eigenvalue weighted by Crippen LogP contribution is 2.28. The molecule has 2 aromatic rings. The van der Waals surface area contributed by atoms with Crippen molar-refractivity contribution in [2.75, 3.05) is 0 Å². The maximum atomic E-state index is 13.6. The molecule has 0 N–H and O–H groups in total. The van der Waals surface area contributed by atoms with Crippen LogP contribution in [-0.4, -0.2) is 0 Å². The Morgan fingerprint density at radius 2 is 1.53 bits per heavy atom. The molecule has 3 heteroatoms. The normalized spacial score (nSPS) is 12.5. The van der Waals surface area contributed by atoms with Crippen molar-refractivity contribution in [3.63, 3.8) is 0 Å². The van der Waals surface area contributed by atoms with E-state index in [9.17, 15) is 8.78 Å². The van der Waals surface area contributed by atoms with Gasteiger partial charge in [-0.25, -0.2) is 8.78 Å². The Hall–Kier alpha value is -1.41. The van der Waals surface area contributed by atoms with Crippen LogP contribution in [0.3, 0.4) is 0 Å². The largest absolute Gasteiger partial charge is 0.207 e. The molecule has 0 spiro atoms. The minimum absolute atomic E-state index is 0.0432. The molecule has 0 amide bonds. The van der Waals surface area contributed by atoms with Gasteiger partial charge in [-0.3, -0.25) is 0 Å². The first-order chi connectivity index (χ1) is 8.97. The molecule has 1 atom stereocenters. The second-order valence-electron chi connectivity index (χ2n) is 4.79. The summed E-state index contributed by atoms with van der Waals surface area (Å²) in [7, 11) is 0. The van der Waals surface area contributed by atoms with Crippen molar-refractivity contribution in [3.8, 4) is 0 Å². The lowest BCUT2D eigenvalue weighted by molar-refractivity contribution is 0.553. The predicted octanol–water partition coefficient (Wildman–Crippen LogP) is 5.10. The molecular formula is C16H15ClF2. The molecular weight excluding hydrogens is 266 g/mol. The van der Waals surface area contributed by atoms with Crippen LogP contribution in [0.1, 0.15) is 27.6 Å². The van der Waals surface area contributed by atoms with E-state index in [2.05, 4.69) is 0 Å². The van der Waals surface area contributed by atoms with Gasteiger partial charge in [0, 0.05) is 5.56 Å². The van der Waals surface area contributed by atoms with Gasteiger partial charge in [-0.05, 0) is 38.0 Å². The van der Waals surface area contributed by atoms with Crippen LogP contribution in [-0.2, 0) is 6.42 Å². The Labute approximate surface area is 117 Å². The van der Waals surface area contributed by atoms with E-state index in [-0.39, 0.29) is 12.0 Å². The van der Waals surface area contributed by atoms with Gasteiger partial charge >= 0.3 is 0 Å². The van der Waals surface area contributed by atoms with E-state index >= 15 is 0 Å². The Morgan fingerprint density at radius 3 is 2.05 bits per heavy atom. The molecule has 0 aliphatic rings. The molecule has 100 valence electrons. The highest BCUT2D eigenvalue weighted by molar-refractivity contribution is 6.20. The van der Waals surface area contributed by atoms with Crippen molar-refractivity contribution in [2.24, 2.45) is 0 Å². The lowest BCUT2D eigenvalue weighted by atomic mass is 9.99. The van der Waals surface area contributed by atoms with Crippen molar-refractivity contribution in [1.82, 2.24) is 0 Å². The maximum absolute atomic E-state index is 13.6. The number of hydrogen-bond acceptors (Lipinski definition) is 0. The molecule has 0 fully saturated rings. The number of benzene rings is 2. The van der Waals surface area contributed by atoms with E-state index in [1.54, 1.807) is 0 Å². The number of aryl methyl sites for hydroxylation is 2. The fraction of sp³-hybridized carbons (Fsp3) is 0.250. The molecule has 2 rings (SSSR count). The fourth-order valence-corrected chi connectivity index (χ4v) is 2.50. The summed E-state index contributed by atoms with van der Waals surface area (Å²) < 4.78 is 27.2. The zero-order valence-corrected chi connectivity index (χ0v) is 11.6. The summed E-state index contributed by atoms with van der Waals surface area (Å²) in [6.45, 7) is 3.95. The van der Waals surface area contributed by atoms with Crippen molar-refractivity contribution in [1.29, 1.82) is 0 Å². The zero-order valence-electron chi connectivity index (χ0n) is 10.9. The molecule has 19 heavy (non-hydrogen) atoms. The smallest absolute Gasteiger partial charge is 0.129 e. The van der Waals surface area contributed by atoms with Gasteiger partial charge in [0.2, 0.25) is 0 Å². The summed E-state index contributed by atoms with van der Waals surface area (Å²) in [5.74, 6) is -1.09. The van der Waals surface area contributed by atoms with E-state index in [1.807, 2.05) is 32.0 Å². The summed E-state index contributed by atoms with van der Waals surface area (Å²) in [5, 5.41) is -0.440. The minimum atomic E-state index is -0.546. The Bertz CT molecular complexity index is 553. The number of hydrogen-bond donors (Lipinski definition) is 0. The van der Waals surface area contributed by atoms with E-state index in [4.69, 9.17) is 11.6 Å². The van der Waals surface area contributed by atoms with Gasteiger partial charge < -0.3 is 0 Å². The predicted molar refractivity (Wildman–Crippen MR) is 74.6 cm³/mol. The van der Waals surface area contributed by atoms with Gasteiger partial charge in [-0.15, -0.1) is 11.6 Å². The molecule has 0 radical (unpaired) electrons. The van der Waals surface area contributed by atoms with Crippen molar-refractivity contribution >= 4 is 11.6 Å². The fourth-order valence-electron chi connectivity index (χ4n) is 2.22. The van der Waals surface area contributed by atoms with E-state index in [0.717, 1.165) is 16.7 Å². The molecule has 0 saturated carbocycles. The molecule has 0 aliphatic carbocycles. The van der Waals surface area contributed by atoms with Gasteiger partial charge in [-0.1, -0.05) is 35.4 Å². The van der Waals surface area contributed by atoms with Crippen LogP contribution < -0.4 is 0 Å². The highest BCUT2D eigenvalue weighted by atomic mass is 35.5. The Balaban J connectivity index is 2.28. The third kappa shape index (κ3) is 3.32. The van der Waals surface area contributed by atoms with Gasteiger partial charge in [0.25, 0.3) is 0 Å². The van der Waals surface area contributed by atoms with Gasteiger partial charge in [0.15, 0.2) is 0 Å². The van der Waals surface area contributed by atoms with Crippen LogP contribution >= 0.6 is 11.6 Å². The van der Waals surface area contributed by atoms with Crippen LogP contribution in [0.25, 0.3) is 0 Å². The first-order valence-corrected chi connectivity index (χ1v) is 6.56. The lowest BCUT2D eigenvalue weighted by Crippen LogP contribution is -2.02. The Morgan fingerprint density at radius 1 is 1.00 bits per heavy atom. The lowest BCUT2D eigenvalue weighted by Gasteiger charge is -2.13. The van der Waals surface area contributed by atoms with Crippen molar-refractivity contribution in [3.05, 3.63) is 70.3 Å². The van der Waals surface area contributed by atoms with Crippen LogP contribution in [0, 0.1) is 25.5 Å². The summed E-state index contributed by atoms with van der Waals surface area (Å²) in [6.07, 6.45) is 0.142. The maximum Gasteiger partial charge on any atom is 0.129 e. The molecule has 0 bridgehead atoms. The number of alkyl halides is 1. The molecule has 2 aromatic carbocycles. The van der Waals surface area contributed by atoms with Crippen LogP contribution in [0.4, 0.5) is 8.78 Å². The molecule has 1 unspecified atom stereocenters. The van der Waals surface area contributed by atoms with Gasteiger partial charge in [0.05, 0.1) is 5.38 Å². The third-order valence-corrected chi connectivity index (χ3v) is 3.46. The summed E-state index contributed by atoms with van der Waals surface area (Å²) in [6, 6.07) is 9.80. The topological polar surface area (TPSA) is 0 Å². The van der Waals surface area contributed by atoms with Crippen molar-refractivity contribution < 1.29 is 8.78 Å². The van der Waals surface area contributed by atoms with E-state index in [1.165, 1.54) is 18.2 Å². The van der Waals surface area contributed by atoms with Gasteiger partial charge in [-0.2, -0.15) is 0 Å². The molecule has 0 nitrogen and oxygen atoms in total. The van der Waals surface area contributed by atoms with Crippen LogP contribution in [0.2, 0.25) is 0 Å². The van der Waals surface area contributed by atoms with Crippen molar-refractivity contribution in [2.45, 2.75) is 25.6 Å². The third-order valence-electron chi connectivity index (χ3n) is 3.05. The zero-order chi connectivity index (χ0) is 14.0. The number of halogens is 3. The quantitative estimate of drug-likeness (QED) is 0.686. The average Bonchev–Trinajstić information content (AvgIpc) is 2.32. The summed E-state index contributed by atoms with van der Waals surface area (Å²) in [5.41, 5.74) is 3.12. The second kappa shape index (κ2) is 5.70. The first kappa shape index (κ1) is 14.0. The second-order valence-corrected chi connectivity index (χ2v) is 5.32. The van der Waals surface area contributed by atoms with Crippen LogP contribution in [0.5, 0.6) is 0 Å². The standard InChI is InChI=1S/C16H15ClF2/c1-10-6-11(2)8-12(7-10)14(17)9-13-15(18)4-3-5-16(13)19/h3-8,14H,9H2,1-2H3. The summed E-state index contributed by atoms with van der Waals surface area (Å²) >= 11 is 6.30. The monoisotopic (exact) mass is 280 g/mol. The molecule has 0 aromatic heterocycles. The molecule has 0 aliphatic heterocycles. The van der Waals surface area contributed by atoms with Gasteiger partial charge in [0.1, 0.15) is 11.6 Å². The van der Waals surface area contributed by atoms with Crippen LogP contribution in [0.15, 0.2) is 36.4 Å². The Kier molecular flexibility index (Phi) is 4.20. The molecule has 0 saturated heterocycles.